The van der Waals surface area contributed by atoms with Gasteiger partial charge in [0.2, 0.25) is 0 Å². The van der Waals surface area contributed by atoms with Gasteiger partial charge in [0.25, 0.3) is 0 Å². The van der Waals surface area contributed by atoms with Crippen molar-refractivity contribution in [1.82, 2.24) is 14.9 Å². The number of aryl methyl sites for hydroxylation is 1. The van der Waals surface area contributed by atoms with Gasteiger partial charge in [-0.05, 0) is 25.1 Å². The van der Waals surface area contributed by atoms with Gasteiger partial charge in [0, 0.05) is 18.9 Å². The van der Waals surface area contributed by atoms with E-state index >= 15 is 0 Å². The molecule has 0 spiro atoms. The van der Waals surface area contributed by atoms with Crippen LogP contribution in [0, 0.1) is 5.82 Å². The second kappa shape index (κ2) is 6.17. The van der Waals surface area contributed by atoms with Gasteiger partial charge in [0.15, 0.2) is 0 Å². The van der Waals surface area contributed by atoms with Crippen molar-refractivity contribution in [2.24, 2.45) is 0 Å². The number of benzene rings is 1. The SMILES string of the molecule is CCNC(c1cccc(F)c1Cl)c1nccn1CC. The molecular weight excluding hydrogens is 265 g/mol. The maximum Gasteiger partial charge on any atom is 0.142 e. The first-order chi connectivity index (χ1) is 9.19. The summed E-state index contributed by atoms with van der Waals surface area (Å²) in [7, 11) is 0. The van der Waals surface area contributed by atoms with Crippen molar-refractivity contribution in [3.05, 3.63) is 52.8 Å². The third-order valence-electron chi connectivity index (χ3n) is 3.05. The highest BCUT2D eigenvalue weighted by Crippen LogP contribution is 2.29. The van der Waals surface area contributed by atoms with Crippen LogP contribution in [0.4, 0.5) is 4.39 Å². The highest BCUT2D eigenvalue weighted by atomic mass is 35.5. The van der Waals surface area contributed by atoms with Gasteiger partial charge in [-0.3, -0.25) is 0 Å². The quantitative estimate of drug-likeness (QED) is 0.910. The Morgan fingerprint density at radius 1 is 1.42 bits per heavy atom. The molecule has 0 amide bonds. The first kappa shape index (κ1) is 14.0. The average molecular weight is 282 g/mol. The minimum absolute atomic E-state index is 0.152. The molecule has 2 aromatic rings. The molecule has 0 aliphatic heterocycles. The molecule has 102 valence electrons. The monoisotopic (exact) mass is 281 g/mol. The number of aromatic nitrogens is 2. The number of hydrogen-bond acceptors (Lipinski definition) is 2. The van der Waals surface area contributed by atoms with Crippen LogP contribution in [0.15, 0.2) is 30.6 Å². The zero-order valence-corrected chi connectivity index (χ0v) is 11.8. The summed E-state index contributed by atoms with van der Waals surface area (Å²) in [4.78, 5) is 4.37. The Bertz CT molecular complexity index is 553. The molecule has 1 N–H and O–H groups in total. The van der Waals surface area contributed by atoms with Gasteiger partial charge in [-0.2, -0.15) is 0 Å². The number of hydrogen-bond donors (Lipinski definition) is 1. The van der Waals surface area contributed by atoms with Crippen LogP contribution in [0.5, 0.6) is 0 Å². The number of nitrogens with one attached hydrogen (secondary N) is 1. The molecule has 1 heterocycles. The Balaban J connectivity index is 2.48. The van der Waals surface area contributed by atoms with Crippen molar-refractivity contribution in [2.75, 3.05) is 6.54 Å². The Kier molecular flexibility index (Phi) is 4.56. The fourth-order valence-corrected chi connectivity index (χ4v) is 2.37. The molecule has 0 aliphatic rings. The van der Waals surface area contributed by atoms with Crippen LogP contribution in [0.2, 0.25) is 5.02 Å². The van der Waals surface area contributed by atoms with Crippen LogP contribution in [-0.2, 0) is 6.54 Å². The van der Waals surface area contributed by atoms with Crippen molar-refractivity contribution in [2.45, 2.75) is 26.4 Å². The van der Waals surface area contributed by atoms with E-state index in [-0.39, 0.29) is 11.1 Å². The Morgan fingerprint density at radius 2 is 2.21 bits per heavy atom. The predicted octanol–water partition coefficient (Wildman–Crippen LogP) is 3.39. The molecule has 0 radical (unpaired) electrons. The summed E-state index contributed by atoms with van der Waals surface area (Å²) in [6.07, 6.45) is 3.66. The molecule has 5 heteroatoms. The van der Waals surface area contributed by atoms with Crippen LogP contribution in [0.1, 0.15) is 31.3 Å². The number of imidazole rings is 1. The van der Waals surface area contributed by atoms with Crippen molar-refractivity contribution < 1.29 is 4.39 Å². The molecule has 0 fully saturated rings. The number of rotatable bonds is 5. The molecule has 0 saturated heterocycles. The van der Waals surface area contributed by atoms with Gasteiger partial charge in [-0.15, -0.1) is 0 Å². The molecule has 1 atom stereocenters. The van der Waals surface area contributed by atoms with Crippen LogP contribution >= 0.6 is 11.6 Å². The lowest BCUT2D eigenvalue weighted by molar-refractivity contribution is 0.553. The lowest BCUT2D eigenvalue weighted by Gasteiger charge is -2.20. The van der Waals surface area contributed by atoms with E-state index in [0.717, 1.165) is 18.9 Å². The molecule has 1 unspecified atom stereocenters. The zero-order valence-electron chi connectivity index (χ0n) is 11.0. The van der Waals surface area contributed by atoms with Gasteiger partial charge >= 0.3 is 0 Å². The van der Waals surface area contributed by atoms with Crippen LogP contribution < -0.4 is 5.32 Å². The molecule has 0 saturated carbocycles. The van der Waals surface area contributed by atoms with Crippen LogP contribution in [-0.4, -0.2) is 16.1 Å². The highest BCUT2D eigenvalue weighted by molar-refractivity contribution is 6.31. The summed E-state index contributed by atoms with van der Waals surface area (Å²) < 4.78 is 15.6. The first-order valence-electron chi connectivity index (χ1n) is 6.37. The topological polar surface area (TPSA) is 29.9 Å². The van der Waals surface area contributed by atoms with Crippen molar-refractivity contribution in [1.29, 1.82) is 0 Å². The second-order valence-electron chi connectivity index (χ2n) is 4.21. The third kappa shape index (κ3) is 2.80. The van der Waals surface area contributed by atoms with E-state index in [1.54, 1.807) is 12.3 Å². The van der Waals surface area contributed by atoms with Crippen molar-refractivity contribution in [3.63, 3.8) is 0 Å². The second-order valence-corrected chi connectivity index (χ2v) is 4.58. The summed E-state index contributed by atoms with van der Waals surface area (Å²) in [5.41, 5.74) is 0.712. The van der Waals surface area contributed by atoms with Gasteiger partial charge in [0.1, 0.15) is 11.6 Å². The highest BCUT2D eigenvalue weighted by Gasteiger charge is 2.21. The van der Waals surface area contributed by atoms with Crippen molar-refractivity contribution in [3.8, 4) is 0 Å². The van der Waals surface area contributed by atoms with Crippen LogP contribution in [0.25, 0.3) is 0 Å². The third-order valence-corrected chi connectivity index (χ3v) is 3.45. The number of halogens is 2. The summed E-state index contributed by atoms with van der Waals surface area (Å²) in [6, 6.07) is 4.65. The molecule has 0 aliphatic carbocycles. The van der Waals surface area contributed by atoms with Gasteiger partial charge in [-0.25, -0.2) is 9.37 Å². The summed E-state index contributed by atoms with van der Waals surface area (Å²) in [5, 5.41) is 3.46. The number of nitrogens with zero attached hydrogens (tertiary/aromatic N) is 2. The molecule has 19 heavy (non-hydrogen) atoms. The molecule has 2 rings (SSSR count). The van der Waals surface area contributed by atoms with Gasteiger partial charge in [0.05, 0.1) is 11.1 Å². The van der Waals surface area contributed by atoms with E-state index in [1.165, 1.54) is 6.07 Å². The molecule has 1 aromatic carbocycles. The largest absolute Gasteiger partial charge is 0.334 e. The first-order valence-corrected chi connectivity index (χ1v) is 6.75. The summed E-state index contributed by atoms with van der Waals surface area (Å²) in [5.74, 6) is 0.438. The minimum atomic E-state index is -0.406. The van der Waals surface area contributed by atoms with Gasteiger partial charge in [-0.1, -0.05) is 30.7 Å². The van der Waals surface area contributed by atoms with E-state index in [4.69, 9.17) is 11.6 Å². The molecule has 1 aromatic heterocycles. The van der Waals surface area contributed by atoms with E-state index < -0.39 is 5.82 Å². The maximum atomic E-state index is 13.6. The average Bonchev–Trinajstić information content (AvgIpc) is 2.88. The normalized spacial score (nSPS) is 12.6. The van der Waals surface area contributed by atoms with Crippen molar-refractivity contribution >= 4 is 11.6 Å². The predicted molar refractivity (Wildman–Crippen MR) is 74.8 cm³/mol. The lowest BCUT2D eigenvalue weighted by Crippen LogP contribution is -2.25. The van der Waals surface area contributed by atoms with E-state index in [0.29, 0.717) is 5.56 Å². The molecule has 0 bridgehead atoms. The van der Waals surface area contributed by atoms with Crippen LogP contribution in [0.3, 0.4) is 0 Å². The fourth-order valence-electron chi connectivity index (χ4n) is 2.14. The standard InChI is InChI=1S/C14H17ClFN3/c1-3-17-13(14-18-8-9-19(14)4-2)10-6-5-7-11(16)12(10)15/h5-9,13,17H,3-4H2,1-2H3. The molecule has 3 nitrogen and oxygen atoms in total. The van der Waals surface area contributed by atoms with E-state index in [1.807, 2.05) is 30.7 Å². The van der Waals surface area contributed by atoms with E-state index in [9.17, 15) is 4.39 Å². The fraction of sp³-hybridized carbons (Fsp3) is 0.357. The smallest absolute Gasteiger partial charge is 0.142 e. The maximum absolute atomic E-state index is 13.6. The zero-order chi connectivity index (χ0) is 13.8. The lowest BCUT2D eigenvalue weighted by atomic mass is 10.1. The van der Waals surface area contributed by atoms with E-state index in [2.05, 4.69) is 10.3 Å². The Morgan fingerprint density at radius 3 is 2.89 bits per heavy atom. The minimum Gasteiger partial charge on any atom is -0.334 e. The summed E-state index contributed by atoms with van der Waals surface area (Å²) in [6.45, 7) is 5.60. The van der Waals surface area contributed by atoms with Gasteiger partial charge < -0.3 is 9.88 Å². The Hall–Kier alpha value is -1.39. The summed E-state index contributed by atoms with van der Waals surface area (Å²) >= 11 is 6.08. The molecular formula is C14H17ClFN3. The Labute approximate surface area is 117 Å².